The number of halogens is 2. The van der Waals surface area contributed by atoms with Crippen LogP contribution < -0.4 is 0 Å². The van der Waals surface area contributed by atoms with E-state index in [1.807, 2.05) is 0 Å². The van der Waals surface area contributed by atoms with Crippen LogP contribution in [0.2, 0.25) is 5.15 Å². The summed E-state index contributed by atoms with van der Waals surface area (Å²) in [6, 6.07) is 1.74. The zero-order chi connectivity index (χ0) is 7.84. The third kappa shape index (κ3) is 1.26. The molecule has 2 nitrogen and oxygen atoms in total. The van der Waals surface area contributed by atoms with Gasteiger partial charge in [0.2, 0.25) is 0 Å². The van der Waals surface area contributed by atoms with Crippen LogP contribution in [0.4, 0.5) is 0 Å². The molecule has 0 atom stereocenters. The Morgan fingerprint density at radius 3 is 3.18 bits per heavy atom. The van der Waals surface area contributed by atoms with Crippen LogP contribution in [0, 0.1) is 0 Å². The Balaban J connectivity index is 2.91. The molecule has 2 aromatic rings. The number of aromatic nitrogens is 2. The van der Waals surface area contributed by atoms with Crippen LogP contribution in [-0.2, 0) is 0 Å². The Morgan fingerprint density at radius 1 is 1.55 bits per heavy atom. The summed E-state index contributed by atoms with van der Waals surface area (Å²) < 4.78 is 0.897. The summed E-state index contributed by atoms with van der Waals surface area (Å²) in [6.07, 6.45) is 0. The maximum absolute atomic E-state index is 5.72. The van der Waals surface area contributed by atoms with Crippen LogP contribution in [0.3, 0.4) is 0 Å². The van der Waals surface area contributed by atoms with Gasteiger partial charge >= 0.3 is 0 Å². The molecule has 0 N–H and O–H groups in total. The third-order valence-corrected chi connectivity index (χ3v) is 2.75. The molecule has 0 saturated heterocycles. The van der Waals surface area contributed by atoms with E-state index in [0.717, 1.165) is 14.8 Å². The lowest BCUT2D eigenvalue weighted by molar-refractivity contribution is 1.39. The Labute approximate surface area is 80.4 Å². The largest absolute Gasteiger partial charge is 0.242 e. The van der Waals surface area contributed by atoms with Gasteiger partial charge in [0.05, 0.1) is 5.51 Å². The molecule has 0 unspecified atom stereocenters. The predicted molar refractivity (Wildman–Crippen MR) is 50.1 cm³/mol. The minimum atomic E-state index is 0.494. The van der Waals surface area contributed by atoms with E-state index in [9.17, 15) is 0 Å². The normalized spacial score (nSPS) is 10.7. The van der Waals surface area contributed by atoms with Gasteiger partial charge in [-0.1, -0.05) is 11.6 Å². The predicted octanol–water partition coefficient (Wildman–Crippen LogP) is 3.11. The van der Waals surface area contributed by atoms with E-state index in [-0.39, 0.29) is 0 Å². The lowest BCUT2D eigenvalue weighted by atomic mass is 10.5. The summed E-state index contributed by atoms with van der Waals surface area (Å²) in [7, 11) is 0. The van der Waals surface area contributed by atoms with Gasteiger partial charge in [-0.3, -0.25) is 0 Å². The maximum atomic E-state index is 5.72. The van der Waals surface area contributed by atoms with Gasteiger partial charge in [0.1, 0.15) is 15.5 Å². The molecular formula is C6H2BrClN2S. The molecule has 0 saturated carbocycles. The third-order valence-electron chi connectivity index (χ3n) is 1.23. The van der Waals surface area contributed by atoms with Gasteiger partial charge in [-0.2, -0.15) is 0 Å². The minimum Gasteiger partial charge on any atom is -0.242 e. The topological polar surface area (TPSA) is 25.8 Å². The second kappa shape index (κ2) is 2.69. The highest BCUT2D eigenvalue weighted by Gasteiger charge is 2.03. The monoisotopic (exact) mass is 248 g/mol. The van der Waals surface area contributed by atoms with Gasteiger partial charge in [-0.05, 0) is 22.0 Å². The highest BCUT2D eigenvalue weighted by atomic mass is 79.9. The lowest BCUT2D eigenvalue weighted by Crippen LogP contribution is -1.76. The molecule has 0 aliphatic rings. The van der Waals surface area contributed by atoms with E-state index in [4.69, 9.17) is 11.6 Å². The molecular weight excluding hydrogens is 248 g/mol. The Hall–Kier alpha value is -0.190. The molecule has 0 aliphatic heterocycles. The molecule has 2 rings (SSSR count). The quantitative estimate of drug-likeness (QED) is 0.671. The fourth-order valence-corrected chi connectivity index (χ4v) is 2.48. The summed E-state index contributed by atoms with van der Waals surface area (Å²) in [4.78, 5) is 9.06. The lowest BCUT2D eigenvalue weighted by Gasteiger charge is -1.91. The fourth-order valence-electron chi connectivity index (χ4n) is 0.785. The van der Waals surface area contributed by atoms with Crippen molar-refractivity contribution in [3.8, 4) is 0 Å². The number of rotatable bonds is 0. The van der Waals surface area contributed by atoms with E-state index < -0.39 is 0 Å². The first-order chi connectivity index (χ1) is 5.27. The summed E-state index contributed by atoms with van der Waals surface area (Å²) in [5.74, 6) is 0. The van der Waals surface area contributed by atoms with Crippen LogP contribution in [0.1, 0.15) is 0 Å². The van der Waals surface area contributed by atoms with Crippen molar-refractivity contribution in [3.05, 3.63) is 21.2 Å². The number of hydrogen-bond donors (Lipinski definition) is 0. The molecule has 56 valence electrons. The second-order valence-corrected chi connectivity index (χ2v) is 4.01. The Kier molecular flexibility index (Phi) is 1.83. The van der Waals surface area contributed by atoms with Gasteiger partial charge in [0, 0.05) is 4.47 Å². The van der Waals surface area contributed by atoms with Gasteiger partial charge in [0.25, 0.3) is 0 Å². The maximum Gasteiger partial charge on any atom is 0.146 e. The highest BCUT2D eigenvalue weighted by molar-refractivity contribution is 9.10. The number of nitrogens with zero attached hydrogens (tertiary/aromatic N) is 2. The van der Waals surface area contributed by atoms with Crippen LogP contribution in [0.15, 0.2) is 16.0 Å². The molecule has 0 aliphatic carbocycles. The average Bonchev–Trinajstić information content (AvgIpc) is 2.34. The zero-order valence-corrected chi connectivity index (χ0v) is 8.37. The molecule has 0 amide bonds. The molecule has 0 bridgehead atoms. The second-order valence-electron chi connectivity index (χ2n) is 1.93. The summed E-state index contributed by atoms with van der Waals surface area (Å²) in [5.41, 5.74) is 2.62. The smallest absolute Gasteiger partial charge is 0.146 e. The fraction of sp³-hybridized carbons (Fsp3) is 0. The van der Waals surface area contributed by atoms with Gasteiger partial charge in [-0.25, -0.2) is 9.97 Å². The molecule has 0 aromatic carbocycles. The number of fused-ring (bicyclic) bond motifs is 1. The first-order valence-electron chi connectivity index (χ1n) is 2.82. The van der Waals surface area contributed by atoms with E-state index >= 15 is 0 Å². The number of thiazole rings is 1. The van der Waals surface area contributed by atoms with Crippen LogP contribution in [-0.4, -0.2) is 9.97 Å². The van der Waals surface area contributed by atoms with Gasteiger partial charge < -0.3 is 0 Å². The van der Waals surface area contributed by atoms with Crippen molar-refractivity contribution >= 4 is 49.2 Å². The van der Waals surface area contributed by atoms with Crippen molar-refractivity contribution in [1.29, 1.82) is 0 Å². The van der Waals surface area contributed by atoms with E-state index in [0.29, 0.717) is 5.15 Å². The minimum absolute atomic E-state index is 0.494. The summed E-state index contributed by atoms with van der Waals surface area (Å²) in [6.45, 7) is 0. The standard InChI is InChI=1S/C6H2BrClN2S/c7-3-1-4(8)10-6-5(3)9-2-11-6/h1-2H. The van der Waals surface area contributed by atoms with Crippen LogP contribution in [0.25, 0.3) is 10.3 Å². The summed E-state index contributed by atoms with van der Waals surface area (Å²) in [5, 5.41) is 0.494. The highest BCUT2D eigenvalue weighted by Crippen LogP contribution is 2.26. The Bertz CT molecular complexity index is 400. The SMILES string of the molecule is Clc1cc(Br)c2ncsc2n1. The van der Waals surface area contributed by atoms with Crippen LogP contribution >= 0.6 is 38.9 Å². The molecule has 2 aromatic heterocycles. The van der Waals surface area contributed by atoms with Crippen molar-refractivity contribution in [3.63, 3.8) is 0 Å². The molecule has 5 heteroatoms. The molecule has 0 spiro atoms. The van der Waals surface area contributed by atoms with E-state index in [1.54, 1.807) is 11.6 Å². The first kappa shape index (κ1) is 7.46. The molecule has 0 radical (unpaired) electrons. The van der Waals surface area contributed by atoms with Gasteiger partial charge in [0.15, 0.2) is 0 Å². The molecule has 0 fully saturated rings. The molecule has 2 heterocycles. The van der Waals surface area contributed by atoms with E-state index in [1.165, 1.54) is 11.3 Å². The first-order valence-corrected chi connectivity index (χ1v) is 4.87. The number of hydrogen-bond acceptors (Lipinski definition) is 3. The average molecular weight is 250 g/mol. The van der Waals surface area contributed by atoms with E-state index in [2.05, 4.69) is 25.9 Å². The van der Waals surface area contributed by atoms with Gasteiger partial charge in [-0.15, -0.1) is 11.3 Å². The van der Waals surface area contributed by atoms with Crippen molar-refractivity contribution < 1.29 is 0 Å². The van der Waals surface area contributed by atoms with Crippen molar-refractivity contribution in [1.82, 2.24) is 9.97 Å². The number of pyridine rings is 1. The Morgan fingerprint density at radius 2 is 2.36 bits per heavy atom. The van der Waals surface area contributed by atoms with Crippen LogP contribution in [0.5, 0.6) is 0 Å². The zero-order valence-electron chi connectivity index (χ0n) is 5.21. The molecule has 11 heavy (non-hydrogen) atoms. The van der Waals surface area contributed by atoms with Crippen molar-refractivity contribution in [2.75, 3.05) is 0 Å². The summed E-state index contributed by atoms with van der Waals surface area (Å²) >= 11 is 10.5. The van der Waals surface area contributed by atoms with Crippen molar-refractivity contribution in [2.24, 2.45) is 0 Å². The van der Waals surface area contributed by atoms with Crippen molar-refractivity contribution in [2.45, 2.75) is 0 Å².